The lowest BCUT2D eigenvalue weighted by atomic mass is 10.1. The molecular weight excluding hydrogens is 374 g/mol. The number of carbonyl (C=O) groups excluding carboxylic acids is 2. The largest absolute Gasteiger partial charge is 0.325 e. The first kappa shape index (κ1) is 21.3. The molecule has 3 rings (SSSR count). The van der Waals surface area contributed by atoms with Gasteiger partial charge in [-0.1, -0.05) is 54.6 Å². The lowest BCUT2D eigenvalue weighted by Gasteiger charge is -2.21. The Bertz CT molecular complexity index is 958. The van der Waals surface area contributed by atoms with Crippen LogP contribution in [-0.4, -0.2) is 31.4 Å². The fraction of sp³-hybridized carbons (Fsp3) is 0.200. The summed E-state index contributed by atoms with van der Waals surface area (Å²) in [4.78, 5) is 26.9. The van der Waals surface area contributed by atoms with Crippen molar-refractivity contribution in [2.45, 2.75) is 13.3 Å². The lowest BCUT2D eigenvalue weighted by molar-refractivity contribution is -0.115. The number of rotatable bonds is 9. The van der Waals surface area contributed by atoms with E-state index in [-0.39, 0.29) is 18.4 Å². The molecule has 0 unspecified atom stereocenters. The molecule has 0 radical (unpaired) electrons. The van der Waals surface area contributed by atoms with Gasteiger partial charge in [-0.15, -0.1) is 0 Å². The molecule has 30 heavy (non-hydrogen) atoms. The Balaban J connectivity index is 1.54. The molecular formula is C25H27N3O2. The van der Waals surface area contributed by atoms with E-state index in [0.717, 1.165) is 18.7 Å². The van der Waals surface area contributed by atoms with Crippen molar-refractivity contribution in [3.63, 3.8) is 0 Å². The molecule has 2 N–H and O–H groups in total. The first-order valence-electron chi connectivity index (χ1n) is 10.2. The zero-order valence-electron chi connectivity index (χ0n) is 17.2. The second-order valence-corrected chi connectivity index (χ2v) is 6.93. The van der Waals surface area contributed by atoms with Gasteiger partial charge < -0.3 is 15.5 Å². The molecule has 0 aromatic heterocycles. The van der Waals surface area contributed by atoms with Gasteiger partial charge in [-0.25, -0.2) is 0 Å². The highest BCUT2D eigenvalue weighted by Gasteiger charge is 2.16. The summed E-state index contributed by atoms with van der Waals surface area (Å²) in [5.41, 5.74) is 3.23. The molecule has 0 saturated carbocycles. The van der Waals surface area contributed by atoms with Crippen molar-refractivity contribution in [1.82, 2.24) is 5.32 Å². The second kappa shape index (κ2) is 10.9. The maximum atomic E-state index is 13.0. The van der Waals surface area contributed by atoms with Gasteiger partial charge in [0.2, 0.25) is 5.91 Å². The van der Waals surface area contributed by atoms with Gasteiger partial charge >= 0.3 is 0 Å². The SMILES string of the molecule is CCN(C(=O)c1cccc(NC(=O)CNCCc2ccccc2)c1)c1ccccc1. The summed E-state index contributed by atoms with van der Waals surface area (Å²) in [7, 11) is 0. The Morgan fingerprint density at radius 3 is 2.27 bits per heavy atom. The maximum absolute atomic E-state index is 13.0. The van der Waals surface area contributed by atoms with Crippen LogP contribution in [0.5, 0.6) is 0 Å². The summed E-state index contributed by atoms with van der Waals surface area (Å²) < 4.78 is 0. The van der Waals surface area contributed by atoms with E-state index >= 15 is 0 Å². The van der Waals surface area contributed by atoms with Crippen LogP contribution in [0.4, 0.5) is 11.4 Å². The van der Waals surface area contributed by atoms with Gasteiger partial charge in [0.25, 0.3) is 5.91 Å². The minimum absolute atomic E-state index is 0.0965. The van der Waals surface area contributed by atoms with Gasteiger partial charge in [0.15, 0.2) is 0 Å². The minimum Gasteiger partial charge on any atom is -0.325 e. The highest BCUT2D eigenvalue weighted by atomic mass is 16.2. The van der Waals surface area contributed by atoms with Crippen molar-refractivity contribution in [1.29, 1.82) is 0 Å². The maximum Gasteiger partial charge on any atom is 0.258 e. The van der Waals surface area contributed by atoms with Gasteiger partial charge in [-0.2, -0.15) is 0 Å². The van der Waals surface area contributed by atoms with Gasteiger partial charge in [-0.05, 0) is 55.8 Å². The number of amides is 2. The molecule has 0 atom stereocenters. The van der Waals surface area contributed by atoms with E-state index in [0.29, 0.717) is 17.8 Å². The molecule has 3 aromatic rings. The third-order valence-electron chi connectivity index (χ3n) is 4.74. The summed E-state index contributed by atoms with van der Waals surface area (Å²) in [6.07, 6.45) is 0.866. The minimum atomic E-state index is -0.136. The van der Waals surface area contributed by atoms with Crippen LogP contribution in [0.1, 0.15) is 22.8 Å². The number of carbonyl (C=O) groups is 2. The molecule has 0 saturated heterocycles. The van der Waals surface area contributed by atoms with Crippen molar-refractivity contribution >= 4 is 23.2 Å². The monoisotopic (exact) mass is 401 g/mol. The van der Waals surface area contributed by atoms with Crippen molar-refractivity contribution in [3.05, 3.63) is 96.1 Å². The molecule has 0 heterocycles. The zero-order chi connectivity index (χ0) is 21.2. The topological polar surface area (TPSA) is 61.4 Å². The number of anilines is 2. The van der Waals surface area contributed by atoms with Crippen LogP contribution in [0, 0.1) is 0 Å². The van der Waals surface area contributed by atoms with Crippen molar-refractivity contribution < 1.29 is 9.59 Å². The van der Waals surface area contributed by atoms with Crippen LogP contribution in [-0.2, 0) is 11.2 Å². The van der Waals surface area contributed by atoms with E-state index in [2.05, 4.69) is 22.8 Å². The highest BCUT2D eigenvalue weighted by molar-refractivity contribution is 6.07. The first-order valence-corrected chi connectivity index (χ1v) is 10.2. The standard InChI is InChI=1S/C25H27N3O2/c1-2-28(23-14-7-4-8-15-23)25(30)21-12-9-13-22(18-21)27-24(29)19-26-17-16-20-10-5-3-6-11-20/h3-15,18,26H,2,16-17,19H2,1H3,(H,27,29). The fourth-order valence-electron chi connectivity index (χ4n) is 3.22. The third kappa shape index (κ3) is 6.03. The first-order chi connectivity index (χ1) is 14.7. The Morgan fingerprint density at radius 2 is 1.57 bits per heavy atom. The van der Waals surface area contributed by atoms with E-state index in [1.807, 2.05) is 55.5 Å². The highest BCUT2D eigenvalue weighted by Crippen LogP contribution is 2.18. The summed E-state index contributed by atoms with van der Waals surface area (Å²) in [6, 6.07) is 26.8. The molecule has 0 bridgehead atoms. The predicted molar refractivity (Wildman–Crippen MR) is 122 cm³/mol. The van der Waals surface area contributed by atoms with Gasteiger partial charge in [0.05, 0.1) is 6.54 Å². The van der Waals surface area contributed by atoms with Gasteiger partial charge in [0, 0.05) is 23.5 Å². The second-order valence-electron chi connectivity index (χ2n) is 6.93. The van der Waals surface area contributed by atoms with E-state index in [1.54, 1.807) is 29.2 Å². The average Bonchev–Trinajstić information content (AvgIpc) is 2.79. The Labute approximate surface area is 177 Å². The van der Waals surface area contributed by atoms with Crippen molar-refractivity contribution in [3.8, 4) is 0 Å². The zero-order valence-corrected chi connectivity index (χ0v) is 17.2. The molecule has 5 heteroatoms. The summed E-state index contributed by atoms with van der Waals surface area (Å²) in [5, 5.41) is 6.01. The quantitative estimate of drug-likeness (QED) is 0.530. The number of para-hydroxylation sites is 1. The van der Waals surface area contributed by atoms with E-state index in [1.165, 1.54) is 5.56 Å². The number of hydrogen-bond acceptors (Lipinski definition) is 3. The summed E-state index contributed by atoms with van der Waals surface area (Å²) in [5.74, 6) is -0.233. The molecule has 0 aliphatic carbocycles. The van der Waals surface area contributed by atoms with Crippen molar-refractivity contribution in [2.24, 2.45) is 0 Å². The summed E-state index contributed by atoms with van der Waals surface area (Å²) >= 11 is 0. The van der Waals surface area contributed by atoms with Crippen LogP contribution < -0.4 is 15.5 Å². The Kier molecular flexibility index (Phi) is 7.75. The smallest absolute Gasteiger partial charge is 0.258 e. The molecule has 0 aliphatic rings. The molecule has 0 fully saturated rings. The van der Waals surface area contributed by atoms with E-state index < -0.39 is 0 Å². The number of nitrogens with zero attached hydrogens (tertiary/aromatic N) is 1. The van der Waals surface area contributed by atoms with Crippen molar-refractivity contribution in [2.75, 3.05) is 29.9 Å². The van der Waals surface area contributed by atoms with Gasteiger partial charge in [-0.3, -0.25) is 9.59 Å². The van der Waals surface area contributed by atoms with Crippen LogP contribution in [0.25, 0.3) is 0 Å². The normalized spacial score (nSPS) is 10.4. The molecule has 3 aromatic carbocycles. The van der Waals surface area contributed by atoms with Gasteiger partial charge in [0.1, 0.15) is 0 Å². The number of hydrogen-bond donors (Lipinski definition) is 2. The average molecular weight is 402 g/mol. The number of nitrogens with one attached hydrogen (secondary N) is 2. The molecule has 5 nitrogen and oxygen atoms in total. The van der Waals surface area contributed by atoms with Crippen LogP contribution >= 0.6 is 0 Å². The van der Waals surface area contributed by atoms with Crippen LogP contribution in [0.2, 0.25) is 0 Å². The lowest BCUT2D eigenvalue weighted by Crippen LogP contribution is -2.31. The predicted octanol–water partition coefficient (Wildman–Crippen LogP) is 4.12. The summed E-state index contributed by atoms with van der Waals surface area (Å²) in [6.45, 7) is 3.44. The fourth-order valence-corrected chi connectivity index (χ4v) is 3.22. The van der Waals surface area contributed by atoms with E-state index in [9.17, 15) is 9.59 Å². The van der Waals surface area contributed by atoms with Crippen LogP contribution in [0.15, 0.2) is 84.9 Å². The van der Waals surface area contributed by atoms with E-state index in [4.69, 9.17) is 0 Å². The Morgan fingerprint density at radius 1 is 0.867 bits per heavy atom. The molecule has 0 aliphatic heterocycles. The van der Waals surface area contributed by atoms with Crippen LogP contribution in [0.3, 0.4) is 0 Å². The molecule has 154 valence electrons. The third-order valence-corrected chi connectivity index (χ3v) is 4.74. The molecule has 2 amide bonds. The number of benzene rings is 3. The molecule has 0 spiro atoms. The Hall–Kier alpha value is -3.44.